The first-order chi connectivity index (χ1) is 11.7. The molecule has 0 aliphatic carbocycles. The number of fused-ring (bicyclic) bond motifs is 1. The Kier molecular flexibility index (Phi) is 4.10. The summed E-state index contributed by atoms with van der Waals surface area (Å²) in [5, 5.41) is 15.2. The minimum absolute atomic E-state index is 0.00420. The summed E-state index contributed by atoms with van der Waals surface area (Å²) in [4.78, 5) is 14.8. The second kappa shape index (κ2) is 6.26. The second-order valence-electron chi connectivity index (χ2n) is 6.53. The fourth-order valence-corrected chi connectivity index (χ4v) is 4.81. The average molecular weight is 343 g/mol. The zero-order valence-corrected chi connectivity index (χ0v) is 14.3. The fourth-order valence-electron chi connectivity index (χ4n) is 3.64. The van der Waals surface area contributed by atoms with E-state index in [1.807, 2.05) is 34.0 Å². The quantitative estimate of drug-likeness (QED) is 0.907. The summed E-state index contributed by atoms with van der Waals surface area (Å²) in [6, 6.07) is 10.1. The van der Waals surface area contributed by atoms with Gasteiger partial charge in [-0.2, -0.15) is 16.9 Å². The van der Waals surface area contributed by atoms with Crippen molar-refractivity contribution in [2.75, 3.05) is 18.1 Å². The molecule has 1 fully saturated rings. The second-order valence-corrected chi connectivity index (χ2v) is 7.76. The van der Waals surface area contributed by atoms with Gasteiger partial charge in [-0.3, -0.25) is 9.48 Å². The van der Waals surface area contributed by atoms with Crippen LogP contribution in [0, 0.1) is 0 Å². The SMILES string of the molecule is O=C(N1Cc2ccccc2C(n2cccn2)C1)C1(O)CCSCC1. The maximum Gasteiger partial charge on any atom is 0.254 e. The van der Waals surface area contributed by atoms with E-state index in [0.717, 1.165) is 17.1 Å². The van der Waals surface area contributed by atoms with Crippen molar-refractivity contribution in [3.63, 3.8) is 0 Å². The van der Waals surface area contributed by atoms with Crippen molar-refractivity contribution < 1.29 is 9.90 Å². The molecule has 0 spiro atoms. The predicted octanol–water partition coefficient (Wildman–Crippen LogP) is 2.07. The van der Waals surface area contributed by atoms with E-state index in [-0.39, 0.29) is 11.9 Å². The summed E-state index contributed by atoms with van der Waals surface area (Å²) in [5.41, 5.74) is 1.13. The highest BCUT2D eigenvalue weighted by Gasteiger charge is 2.42. The predicted molar refractivity (Wildman–Crippen MR) is 93.7 cm³/mol. The topological polar surface area (TPSA) is 58.4 Å². The van der Waals surface area contributed by atoms with E-state index in [4.69, 9.17) is 0 Å². The molecule has 0 bridgehead atoms. The van der Waals surface area contributed by atoms with Crippen LogP contribution in [-0.4, -0.2) is 49.3 Å². The molecule has 3 heterocycles. The Morgan fingerprint density at radius 1 is 1.25 bits per heavy atom. The molecule has 0 saturated carbocycles. The van der Waals surface area contributed by atoms with Crippen molar-refractivity contribution >= 4 is 17.7 Å². The highest BCUT2D eigenvalue weighted by atomic mass is 32.2. The van der Waals surface area contributed by atoms with Crippen LogP contribution in [0.25, 0.3) is 0 Å². The van der Waals surface area contributed by atoms with Gasteiger partial charge in [0.1, 0.15) is 5.60 Å². The monoisotopic (exact) mass is 343 g/mol. The average Bonchev–Trinajstić information content (AvgIpc) is 3.15. The molecule has 4 rings (SSSR count). The first-order valence-electron chi connectivity index (χ1n) is 8.34. The summed E-state index contributed by atoms with van der Waals surface area (Å²) in [5.74, 6) is 1.55. The number of thioether (sulfide) groups is 1. The maximum atomic E-state index is 13.0. The summed E-state index contributed by atoms with van der Waals surface area (Å²) in [6.45, 7) is 1.11. The third kappa shape index (κ3) is 2.74. The summed E-state index contributed by atoms with van der Waals surface area (Å²) >= 11 is 1.80. The molecule has 1 aromatic heterocycles. The van der Waals surface area contributed by atoms with E-state index in [9.17, 15) is 9.90 Å². The number of aliphatic hydroxyl groups is 1. The van der Waals surface area contributed by atoms with Gasteiger partial charge in [0.15, 0.2) is 0 Å². The van der Waals surface area contributed by atoms with E-state index >= 15 is 0 Å². The van der Waals surface area contributed by atoms with Gasteiger partial charge < -0.3 is 10.0 Å². The normalized spacial score (nSPS) is 22.9. The molecule has 126 valence electrons. The number of aromatic nitrogens is 2. The Hall–Kier alpha value is -1.79. The number of hydrogen-bond donors (Lipinski definition) is 1. The highest BCUT2D eigenvalue weighted by molar-refractivity contribution is 7.99. The Morgan fingerprint density at radius 3 is 2.79 bits per heavy atom. The van der Waals surface area contributed by atoms with Gasteiger partial charge in [-0.05, 0) is 41.5 Å². The van der Waals surface area contributed by atoms with E-state index in [1.54, 1.807) is 18.0 Å². The Labute approximate surface area is 145 Å². The fraction of sp³-hybridized carbons (Fsp3) is 0.444. The molecular formula is C18H21N3O2S. The van der Waals surface area contributed by atoms with E-state index < -0.39 is 5.60 Å². The lowest BCUT2D eigenvalue weighted by molar-refractivity contribution is -0.153. The zero-order valence-electron chi connectivity index (χ0n) is 13.5. The summed E-state index contributed by atoms with van der Waals surface area (Å²) in [6.07, 6.45) is 4.78. The molecule has 1 amide bonds. The Balaban J connectivity index is 1.66. The number of rotatable bonds is 2. The van der Waals surface area contributed by atoms with Gasteiger partial charge in [0.2, 0.25) is 0 Å². The van der Waals surface area contributed by atoms with Crippen LogP contribution in [0.1, 0.15) is 30.0 Å². The van der Waals surface area contributed by atoms with E-state index in [1.165, 1.54) is 5.56 Å². The maximum absolute atomic E-state index is 13.0. The molecule has 0 radical (unpaired) electrons. The van der Waals surface area contributed by atoms with E-state index in [2.05, 4.69) is 17.2 Å². The van der Waals surface area contributed by atoms with Gasteiger partial charge in [0, 0.05) is 25.5 Å². The molecule has 1 atom stereocenters. The van der Waals surface area contributed by atoms with Crippen LogP contribution >= 0.6 is 11.8 Å². The molecule has 24 heavy (non-hydrogen) atoms. The Morgan fingerprint density at radius 2 is 2.04 bits per heavy atom. The smallest absolute Gasteiger partial charge is 0.254 e. The molecule has 2 aliphatic heterocycles. The van der Waals surface area contributed by atoms with Crippen molar-refractivity contribution in [1.29, 1.82) is 0 Å². The van der Waals surface area contributed by atoms with Crippen LogP contribution in [0.2, 0.25) is 0 Å². The minimum atomic E-state index is -1.20. The molecule has 2 aromatic rings. The molecule has 1 aromatic carbocycles. The van der Waals surface area contributed by atoms with Crippen LogP contribution < -0.4 is 0 Å². The zero-order chi connectivity index (χ0) is 16.6. The lowest BCUT2D eigenvalue weighted by Gasteiger charge is -2.40. The van der Waals surface area contributed by atoms with Crippen LogP contribution in [0.5, 0.6) is 0 Å². The Bertz CT molecular complexity index is 726. The molecule has 2 aliphatic rings. The van der Waals surface area contributed by atoms with Gasteiger partial charge in [-0.15, -0.1) is 0 Å². The van der Waals surface area contributed by atoms with Crippen molar-refractivity contribution in [3.8, 4) is 0 Å². The lowest BCUT2D eigenvalue weighted by Crippen LogP contribution is -2.53. The standard InChI is InChI=1S/C18H21N3O2S/c22-17(18(23)6-10-24-11-7-18)20-12-14-4-1-2-5-15(14)16(13-20)21-9-3-8-19-21/h1-5,8-9,16,23H,6-7,10-13H2. The molecule has 1 unspecified atom stereocenters. The van der Waals surface area contributed by atoms with Crippen molar-refractivity contribution in [1.82, 2.24) is 14.7 Å². The highest BCUT2D eigenvalue weighted by Crippen LogP contribution is 2.34. The van der Waals surface area contributed by atoms with E-state index in [0.29, 0.717) is 25.9 Å². The van der Waals surface area contributed by atoms with Crippen LogP contribution in [0.4, 0.5) is 0 Å². The molecule has 5 nitrogen and oxygen atoms in total. The number of nitrogens with zero attached hydrogens (tertiary/aromatic N) is 3. The van der Waals surface area contributed by atoms with Gasteiger partial charge in [0.25, 0.3) is 5.91 Å². The number of hydrogen-bond acceptors (Lipinski definition) is 4. The third-order valence-electron chi connectivity index (χ3n) is 5.02. The number of benzene rings is 1. The van der Waals surface area contributed by atoms with Crippen molar-refractivity contribution in [3.05, 3.63) is 53.9 Å². The van der Waals surface area contributed by atoms with Crippen LogP contribution in [-0.2, 0) is 11.3 Å². The van der Waals surface area contributed by atoms with Crippen molar-refractivity contribution in [2.24, 2.45) is 0 Å². The minimum Gasteiger partial charge on any atom is -0.380 e. The first kappa shape index (κ1) is 15.7. The van der Waals surface area contributed by atoms with Gasteiger partial charge >= 0.3 is 0 Å². The van der Waals surface area contributed by atoms with Gasteiger partial charge in [-0.25, -0.2) is 0 Å². The van der Waals surface area contributed by atoms with Crippen molar-refractivity contribution in [2.45, 2.75) is 31.0 Å². The molecule has 1 saturated heterocycles. The first-order valence-corrected chi connectivity index (χ1v) is 9.49. The number of carbonyl (C=O) groups is 1. The molecule has 1 N–H and O–H groups in total. The van der Waals surface area contributed by atoms with Gasteiger partial charge in [-0.1, -0.05) is 24.3 Å². The lowest BCUT2D eigenvalue weighted by atomic mass is 9.91. The van der Waals surface area contributed by atoms with Gasteiger partial charge in [0.05, 0.1) is 6.04 Å². The summed E-state index contributed by atoms with van der Waals surface area (Å²) < 4.78 is 1.90. The third-order valence-corrected chi connectivity index (χ3v) is 6.00. The molecule has 6 heteroatoms. The molecular weight excluding hydrogens is 322 g/mol. The number of carbonyl (C=O) groups excluding carboxylic acids is 1. The summed E-state index contributed by atoms with van der Waals surface area (Å²) in [7, 11) is 0. The number of amides is 1. The largest absolute Gasteiger partial charge is 0.380 e. The van der Waals surface area contributed by atoms with Crippen LogP contribution in [0.3, 0.4) is 0 Å². The van der Waals surface area contributed by atoms with Crippen LogP contribution in [0.15, 0.2) is 42.7 Å².